The first-order valence-corrected chi connectivity index (χ1v) is 12.2. The van der Waals surface area contributed by atoms with Crippen LogP contribution in [-0.4, -0.2) is 48.7 Å². The van der Waals surface area contributed by atoms with Crippen molar-refractivity contribution in [1.29, 1.82) is 0 Å². The Hall–Kier alpha value is -2.99. The lowest BCUT2D eigenvalue weighted by Gasteiger charge is -2.40. The van der Waals surface area contributed by atoms with E-state index in [9.17, 15) is 4.79 Å². The summed E-state index contributed by atoms with van der Waals surface area (Å²) >= 11 is 0. The van der Waals surface area contributed by atoms with Gasteiger partial charge in [-0.15, -0.1) is 0 Å². The second kappa shape index (κ2) is 8.66. The van der Waals surface area contributed by atoms with Gasteiger partial charge in [-0.1, -0.05) is 42.3 Å². The van der Waals surface area contributed by atoms with Gasteiger partial charge in [0, 0.05) is 42.9 Å². The Morgan fingerprint density at radius 1 is 1.03 bits per heavy atom. The van der Waals surface area contributed by atoms with Crippen LogP contribution in [-0.2, 0) is 13.1 Å². The molecular weight excluding hydrogens is 426 g/mol. The molecule has 3 heterocycles. The number of carbonyl (C=O) groups excluding carboxylic acids is 1. The number of likely N-dealkylation sites (tertiary alicyclic amines) is 1. The minimum atomic E-state index is -0.302. The summed E-state index contributed by atoms with van der Waals surface area (Å²) in [5.41, 5.74) is 7.02. The highest BCUT2D eigenvalue weighted by Gasteiger charge is 2.49. The van der Waals surface area contributed by atoms with Gasteiger partial charge in [0.1, 0.15) is 11.5 Å². The minimum Gasteiger partial charge on any atom is -0.497 e. The second-order valence-electron chi connectivity index (χ2n) is 10.1. The number of hydrogen-bond donors (Lipinski definition) is 1. The highest BCUT2D eigenvalue weighted by molar-refractivity contribution is 5.82. The first kappa shape index (κ1) is 22.8. The zero-order chi connectivity index (χ0) is 24.0. The summed E-state index contributed by atoms with van der Waals surface area (Å²) in [5.74, 6) is 1.70. The highest BCUT2D eigenvalue weighted by Crippen LogP contribution is 2.45. The van der Waals surface area contributed by atoms with Crippen LogP contribution in [0.25, 0.3) is 0 Å². The van der Waals surface area contributed by atoms with Gasteiger partial charge >= 0.3 is 6.03 Å². The van der Waals surface area contributed by atoms with Crippen LogP contribution >= 0.6 is 0 Å². The van der Waals surface area contributed by atoms with Gasteiger partial charge in [0.15, 0.2) is 0 Å². The van der Waals surface area contributed by atoms with Crippen molar-refractivity contribution in [2.45, 2.75) is 58.2 Å². The van der Waals surface area contributed by atoms with Crippen molar-refractivity contribution in [2.24, 2.45) is 0 Å². The fourth-order valence-corrected chi connectivity index (χ4v) is 6.08. The molecule has 3 aliphatic rings. The summed E-state index contributed by atoms with van der Waals surface area (Å²) in [6.07, 6.45) is 4.10. The van der Waals surface area contributed by atoms with Crippen molar-refractivity contribution in [2.75, 3.05) is 27.3 Å². The Labute approximate surface area is 202 Å². The Morgan fingerprint density at radius 2 is 1.74 bits per heavy atom. The molecule has 2 aromatic carbocycles. The SMILES string of the molecule is COc1cc2c(c(OC)c1)[C@@H](C)C=C1N(C2)C(=O)NC12CCN(Cc1cc(C)cc(C)c1)CC2. The molecule has 2 amide bonds. The molecule has 1 spiro atoms. The number of ether oxygens (including phenoxy) is 2. The maximum Gasteiger partial charge on any atom is 0.322 e. The van der Waals surface area contributed by atoms with Gasteiger partial charge in [0.25, 0.3) is 0 Å². The standard InChI is InChI=1S/C28H35N3O3/c1-18-10-19(2)12-21(11-18)16-30-8-6-28(7-9-30)25-13-20(3)26-22(17-31(25)27(32)29-28)14-23(33-4)15-24(26)34-5/h10-15,20H,6-9,16-17H2,1-5H3,(H,29,32)/t20-/m0/s1. The van der Waals surface area contributed by atoms with Crippen LogP contribution in [0, 0.1) is 13.8 Å². The van der Waals surface area contributed by atoms with Crippen LogP contribution in [0.5, 0.6) is 11.5 Å². The van der Waals surface area contributed by atoms with Crippen molar-refractivity contribution < 1.29 is 14.3 Å². The van der Waals surface area contributed by atoms with Crippen molar-refractivity contribution in [3.63, 3.8) is 0 Å². The van der Waals surface area contributed by atoms with Crippen molar-refractivity contribution in [1.82, 2.24) is 15.1 Å². The zero-order valence-electron chi connectivity index (χ0n) is 20.9. The van der Waals surface area contributed by atoms with E-state index in [2.05, 4.69) is 55.3 Å². The lowest BCUT2D eigenvalue weighted by atomic mass is 9.83. The first-order chi connectivity index (χ1) is 16.3. The summed E-state index contributed by atoms with van der Waals surface area (Å²) in [6.45, 7) is 9.90. The molecule has 0 saturated carbocycles. The van der Waals surface area contributed by atoms with Gasteiger partial charge < -0.3 is 14.8 Å². The number of piperidine rings is 1. The molecule has 1 N–H and O–H groups in total. The molecule has 180 valence electrons. The van der Waals surface area contributed by atoms with Crippen LogP contribution in [0.2, 0.25) is 0 Å². The third-order valence-corrected chi connectivity index (χ3v) is 7.62. The number of amides is 2. The zero-order valence-corrected chi connectivity index (χ0v) is 20.9. The fourth-order valence-electron chi connectivity index (χ4n) is 6.08. The average molecular weight is 462 g/mol. The lowest BCUT2D eigenvalue weighted by Crippen LogP contribution is -2.51. The topological polar surface area (TPSA) is 54.0 Å². The minimum absolute atomic E-state index is 0.00385. The van der Waals surface area contributed by atoms with Crippen molar-refractivity contribution in [3.05, 3.63) is 69.9 Å². The number of aryl methyl sites for hydroxylation is 2. The molecule has 0 bridgehead atoms. The van der Waals surface area contributed by atoms with Gasteiger partial charge in [-0.3, -0.25) is 9.80 Å². The number of methoxy groups -OCH3 is 2. The predicted molar refractivity (Wildman–Crippen MR) is 133 cm³/mol. The molecule has 6 heteroatoms. The molecule has 2 saturated heterocycles. The summed E-state index contributed by atoms with van der Waals surface area (Å²) in [6, 6.07) is 10.8. The van der Waals surface area contributed by atoms with Gasteiger partial charge in [0.05, 0.1) is 26.3 Å². The van der Waals surface area contributed by atoms with Crippen LogP contribution in [0.3, 0.4) is 0 Å². The molecule has 0 aromatic heterocycles. The molecule has 6 nitrogen and oxygen atoms in total. The molecule has 2 aromatic rings. The number of hydrogen-bond acceptors (Lipinski definition) is 4. The van der Waals surface area contributed by atoms with Crippen molar-refractivity contribution in [3.8, 4) is 11.5 Å². The molecule has 34 heavy (non-hydrogen) atoms. The normalized spacial score (nSPS) is 21.4. The monoisotopic (exact) mass is 461 g/mol. The molecule has 1 atom stereocenters. The smallest absolute Gasteiger partial charge is 0.322 e. The molecule has 0 aliphatic carbocycles. The lowest BCUT2D eigenvalue weighted by molar-refractivity contribution is 0.160. The molecule has 3 aliphatic heterocycles. The number of nitrogens with one attached hydrogen (secondary N) is 1. The quantitative estimate of drug-likeness (QED) is 0.705. The third kappa shape index (κ3) is 3.94. The Morgan fingerprint density at radius 3 is 2.38 bits per heavy atom. The Balaban J connectivity index is 1.40. The van der Waals surface area contributed by atoms with Gasteiger partial charge in [-0.05, 0) is 43.9 Å². The fraction of sp³-hybridized carbons (Fsp3) is 0.464. The Kier molecular flexibility index (Phi) is 5.80. The maximum absolute atomic E-state index is 13.2. The number of benzene rings is 2. The average Bonchev–Trinajstić information content (AvgIpc) is 2.94. The molecule has 0 unspecified atom stereocenters. The summed E-state index contributed by atoms with van der Waals surface area (Å²) < 4.78 is 11.2. The van der Waals surface area contributed by atoms with Crippen LogP contribution < -0.4 is 14.8 Å². The van der Waals surface area contributed by atoms with E-state index in [4.69, 9.17) is 9.47 Å². The summed E-state index contributed by atoms with van der Waals surface area (Å²) in [4.78, 5) is 17.6. The largest absolute Gasteiger partial charge is 0.497 e. The van der Waals surface area contributed by atoms with Gasteiger partial charge in [-0.2, -0.15) is 0 Å². The molecular formula is C28H35N3O3. The van der Waals surface area contributed by atoms with E-state index in [0.29, 0.717) is 6.54 Å². The highest BCUT2D eigenvalue weighted by atomic mass is 16.5. The van der Waals surface area contributed by atoms with E-state index in [1.807, 2.05) is 17.0 Å². The van der Waals surface area contributed by atoms with E-state index in [0.717, 1.165) is 60.8 Å². The number of fused-ring (bicyclic) bond motifs is 3. The van der Waals surface area contributed by atoms with Gasteiger partial charge in [0.2, 0.25) is 0 Å². The van der Waals surface area contributed by atoms with Crippen molar-refractivity contribution >= 4 is 6.03 Å². The van der Waals surface area contributed by atoms with Crippen LogP contribution in [0.1, 0.15) is 53.5 Å². The Bertz CT molecular complexity index is 1130. The predicted octanol–water partition coefficient (Wildman–Crippen LogP) is 4.88. The maximum atomic E-state index is 13.2. The summed E-state index contributed by atoms with van der Waals surface area (Å²) in [5, 5.41) is 3.38. The van der Waals surface area contributed by atoms with Gasteiger partial charge in [-0.25, -0.2) is 4.79 Å². The van der Waals surface area contributed by atoms with E-state index < -0.39 is 0 Å². The number of nitrogens with zero attached hydrogens (tertiary/aromatic N) is 2. The van der Waals surface area contributed by atoms with E-state index >= 15 is 0 Å². The number of carbonyl (C=O) groups is 1. The summed E-state index contributed by atoms with van der Waals surface area (Å²) in [7, 11) is 3.36. The van der Waals surface area contributed by atoms with Crippen LogP contribution in [0.15, 0.2) is 42.1 Å². The van der Waals surface area contributed by atoms with Crippen LogP contribution in [0.4, 0.5) is 4.79 Å². The number of allylic oxidation sites excluding steroid dienone is 1. The molecule has 0 radical (unpaired) electrons. The third-order valence-electron chi connectivity index (χ3n) is 7.62. The van der Waals surface area contributed by atoms with E-state index in [1.165, 1.54) is 16.7 Å². The number of rotatable bonds is 4. The molecule has 5 rings (SSSR count). The van der Waals surface area contributed by atoms with E-state index in [-0.39, 0.29) is 17.5 Å². The van der Waals surface area contributed by atoms with E-state index in [1.54, 1.807) is 14.2 Å². The number of urea groups is 1. The second-order valence-corrected chi connectivity index (χ2v) is 10.1. The first-order valence-electron chi connectivity index (χ1n) is 12.2. The molecule has 2 fully saturated rings.